The van der Waals surface area contributed by atoms with E-state index in [1.54, 1.807) is 13.8 Å². The summed E-state index contributed by atoms with van der Waals surface area (Å²) in [6.45, 7) is 2.17. The number of aliphatic carboxylic acids is 1. The van der Waals surface area contributed by atoms with Crippen LogP contribution in [0.2, 0.25) is 0 Å². The maximum Gasteiger partial charge on any atom is 0.401 e. The lowest BCUT2D eigenvalue weighted by Gasteiger charge is -2.38. The van der Waals surface area contributed by atoms with Crippen molar-refractivity contribution >= 4 is 5.97 Å². The highest BCUT2D eigenvalue weighted by Crippen LogP contribution is 2.42. The van der Waals surface area contributed by atoms with Gasteiger partial charge in [-0.05, 0) is 45.4 Å². The topological polar surface area (TPSA) is 52.6 Å². The quantitative estimate of drug-likeness (QED) is 0.722. The van der Waals surface area contributed by atoms with Crippen LogP contribution in [0.25, 0.3) is 0 Å². The summed E-state index contributed by atoms with van der Waals surface area (Å²) in [6.07, 6.45) is -0.975. The molecular formula is C14H23F3N2O2. The molecule has 2 aliphatic carbocycles. The minimum absolute atomic E-state index is 0.0647. The molecule has 0 saturated heterocycles. The van der Waals surface area contributed by atoms with Crippen LogP contribution in [0.15, 0.2) is 0 Å². The molecule has 4 nitrogen and oxygen atoms in total. The number of hydrogen-bond acceptors (Lipinski definition) is 3. The molecule has 2 aliphatic rings. The molecule has 2 N–H and O–H groups in total. The van der Waals surface area contributed by atoms with Crippen LogP contribution in [0.1, 0.15) is 39.5 Å². The van der Waals surface area contributed by atoms with E-state index in [0.29, 0.717) is 0 Å². The Hall–Kier alpha value is -0.820. The Labute approximate surface area is 122 Å². The van der Waals surface area contributed by atoms with E-state index in [9.17, 15) is 23.1 Å². The van der Waals surface area contributed by atoms with E-state index in [-0.39, 0.29) is 24.5 Å². The minimum atomic E-state index is -4.32. The molecule has 0 aromatic rings. The van der Waals surface area contributed by atoms with Gasteiger partial charge in [0, 0.05) is 18.6 Å². The van der Waals surface area contributed by atoms with E-state index >= 15 is 0 Å². The molecule has 0 bridgehead atoms. The standard InChI is InChI=1S/C14H23F3N2O2/c1-9(2)19(8-14(15,16)17)7-13(12(20)21,10-3-4-10)18-11-5-6-11/h9-11,18H,3-8H2,1-2H3,(H,20,21). The smallest absolute Gasteiger partial charge is 0.401 e. The number of nitrogens with one attached hydrogen (secondary N) is 1. The van der Waals surface area contributed by atoms with Crippen LogP contribution in [0.3, 0.4) is 0 Å². The van der Waals surface area contributed by atoms with Crippen LogP contribution < -0.4 is 5.32 Å². The van der Waals surface area contributed by atoms with Crippen LogP contribution in [-0.4, -0.2) is 52.9 Å². The molecule has 1 unspecified atom stereocenters. The Bertz CT molecular complexity index is 392. The zero-order chi connectivity index (χ0) is 15.8. The summed E-state index contributed by atoms with van der Waals surface area (Å²) in [7, 11) is 0. The molecule has 21 heavy (non-hydrogen) atoms. The fourth-order valence-corrected chi connectivity index (χ4v) is 2.74. The number of alkyl halides is 3. The second-order valence-corrected chi connectivity index (χ2v) is 6.58. The molecule has 122 valence electrons. The Morgan fingerprint density at radius 3 is 2.14 bits per heavy atom. The highest BCUT2D eigenvalue weighted by atomic mass is 19.4. The molecule has 0 aromatic heterocycles. The van der Waals surface area contributed by atoms with Crippen molar-refractivity contribution in [1.82, 2.24) is 10.2 Å². The van der Waals surface area contributed by atoms with Crippen LogP contribution in [0.5, 0.6) is 0 Å². The first kappa shape index (κ1) is 16.5. The lowest BCUT2D eigenvalue weighted by Crippen LogP contribution is -2.63. The van der Waals surface area contributed by atoms with Gasteiger partial charge in [0.2, 0.25) is 0 Å². The number of carbonyl (C=O) groups is 1. The lowest BCUT2D eigenvalue weighted by atomic mass is 9.91. The first-order valence-electron chi connectivity index (χ1n) is 7.46. The Morgan fingerprint density at radius 1 is 1.24 bits per heavy atom. The highest BCUT2D eigenvalue weighted by Gasteiger charge is 2.54. The Kier molecular flexibility index (Phi) is 4.54. The number of hydrogen-bond donors (Lipinski definition) is 2. The van der Waals surface area contributed by atoms with Crippen molar-refractivity contribution in [3.63, 3.8) is 0 Å². The first-order valence-corrected chi connectivity index (χ1v) is 7.46. The molecule has 2 saturated carbocycles. The van der Waals surface area contributed by atoms with Gasteiger partial charge in [-0.2, -0.15) is 13.2 Å². The van der Waals surface area contributed by atoms with Crippen molar-refractivity contribution in [2.45, 2.75) is 63.3 Å². The third-order valence-electron chi connectivity index (χ3n) is 4.26. The van der Waals surface area contributed by atoms with Gasteiger partial charge in [0.15, 0.2) is 0 Å². The maximum absolute atomic E-state index is 12.7. The molecule has 2 fully saturated rings. The van der Waals surface area contributed by atoms with Gasteiger partial charge in [-0.15, -0.1) is 0 Å². The minimum Gasteiger partial charge on any atom is -0.480 e. The molecule has 0 amide bonds. The Morgan fingerprint density at radius 2 is 1.81 bits per heavy atom. The predicted octanol–water partition coefficient (Wildman–Crippen LogP) is 2.24. The van der Waals surface area contributed by atoms with E-state index in [1.165, 1.54) is 4.90 Å². The van der Waals surface area contributed by atoms with Crippen molar-refractivity contribution in [1.29, 1.82) is 0 Å². The lowest BCUT2D eigenvalue weighted by molar-refractivity contribution is -0.160. The van der Waals surface area contributed by atoms with Gasteiger partial charge >= 0.3 is 12.1 Å². The normalized spacial score (nSPS) is 22.6. The van der Waals surface area contributed by atoms with Crippen molar-refractivity contribution in [3.05, 3.63) is 0 Å². The van der Waals surface area contributed by atoms with Gasteiger partial charge < -0.3 is 5.11 Å². The SMILES string of the molecule is CC(C)N(CC(F)(F)F)CC(NC1CC1)(C(=O)O)C1CC1. The van der Waals surface area contributed by atoms with Gasteiger partial charge in [0.25, 0.3) is 0 Å². The van der Waals surface area contributed by atoms with E-state index in [1.807, 2.05) is 0 Å². The van der Waals surface area contributed by atoms with Crippen LogP contribution >= 0.6 is 0 Å². The summed E-state index contributed by atoms with van der Waals surface area (Å²) in [5.41, 5.74) is -1.24. The van der Waals surface area contributed by atoms with Crippen molar-refractivity contribution in [2.75, 3.05) is 13.1 Å². The average Bonchev–Trinajstić information content (AvgIpc) is 3.18. The summed E-state index contributed by atoms with van der Waals surface area (Å²) >= 11 is 0. The van der Waals surface area contributed by atoms with Crippen LogP contribution in [-0.2, 0) is 4.79 Å². The van der Waals surface area contributed by atoms with Gasteiger partial charge in [0.1, 0.15) is 5.54 Å². The fraction of sp³-hybridized carbons (Fsp3) is 0.929. The molecule has 7 heteroatoms. The molecule has 2 rings (SSSR count). The molecule has 0 spiro atoms. The van der Waals surface area contributed by atoms with Crippen molar-refractivity contribution < 1.29 is 23.1 Å². The fourth-order valence-electron chi connectivity index (χ4n) is 2.74. The average molecular weight is 308 g/mol. The van der Waals surface area contributed by atoms with Crippen molar-refractivity contribution in [3.8, 4) is 0 Å². The molecule has 0 aliphatic heterocycles. The van der Waals surface area contributed by atoms with E-state index in [2.05, 4.69) is 5.32 Å². The van der Waals surface area contributed by atoms with E-state index in [4.69, 9.17) is 0 Å². The summed E-state index contributed by atoms with van der Waals surface area (Å²) in [4.78, 5) is 13.0. The summed E-state index contributed by atoms with van der Waals surface area (Å²) < 4.78 is 38.2. The highest BCUT2D eigenvalue weighted by molar-refractivity contribution is 5.80. The number of carboxylic acids is 1. The predicted molar refractivity (Wildman–Crippen MR) is 72.0 cm³/mol. The second kappa shape index (κ2) is 5.76. The summed E-state index contributed by atoms with van der Waals surface area (Å²) in [6, 6.07) is -0.216. The largest absolute Gasteiger partial charge is 0.480 e. The molecule has 1 atom stereocenters. The molecule has 0 aromatic carbocycles. The third kappa shape index (κ3) is 4.32. The zero-order valence-electron chi connectivity index (χ0n) is 12.4. The number of rotatable bonds is 8. The van der Waals surface area contributed by atoms with E-state index < -0.39 is 24.2 Å². The summed E-state index contributed by atoms with van der Waals surface area (Å²) in [5.74, 6) is -1.09. The first-order chi connectivity index (χ1) is 9.64. The van der Waals surface area contributed by atoms with E-state index in [0.717, 1.165) is 25.7 Å². The molecule has 0 radical (unpaired) electrons. The third-order valence-corrected chi connectivity index (χ3v) is 4.26. The van der Waals surface area contributed by atoms with Crippen LogP contribution in [0, 0.1) is 5.92 Å². The number of nitrogens with zero attached hydrogens (tertiary/aromatic N) is 1. The second-order valence-electron chi connectivity index (χ2n) is 6.58. The monoisotopic (exact) mass is 308 g/mol. The molecule has 0 heterocycles. The zero-order valence-corrected chi connectivity index (χ0v) is 12.4. The van der Waals surface area contributed by atoms with Gasteiger partial charge in [-0.25, -0.2) is 0 Å². The Balaban J connectivity index is 2.16. The molecular weight excluding hydrogens is 285 g/mol. The van der Waals surface area contributed by atoms with Gasteiger partial charge in [-0.3, -0.25) is 15.0 Å². The van der Waals surface area contributed by atoms with Gasteiger partial charge in [-0.1, -0.05) is 0 Å². The maximum atomic E-state index is 12.7. The number of carboxylic acid groups (broad SMARTS) is 1. The van der Waals surface area contributed by atoms with Gasteiger partial charge in [0.05, 0.1) is 6.54 Å². The van der Waals surface area contributed by atoms with Crippen LogP contribution in [0.4, 0.5) is 13.2 Å². The van der Waals surface area contributed by atoms with Crippen molar-refractivity contribution in [2.24, 2.45) is 5.92 Å². The number of halogens is 3. The summed E-state index contributed by atoms with van der Waals surface area (Å²) in [5, 5.41) is 12.8.